The van der Waals surface area contributed by atoms with Gasteiger partial charge in [-0.05, 0) is 38.8 Å². The van der Waals surface area contributed by atoms with E-state index in [1.165, 1.54) is 0 Å². The summed E-state index contributed by atoms with van der Waals surface area (Å²) >= 11 is 0. The number of fused-ring (bicyclic) bond motifs is 1. The number of pyridine rings is 1. The molecule has 0 fully saturated rings. The van der Waals surface area contributed by atoms with E-state index >= 15 is 0 Å². The van der Waals surface area contributed by atoms with Crippen molar-refractivity contribution >= 4 is 16.9 Å². The Hall–Kier alpha value is -2.69. The summed E-state index contributed by atoms with van der Waals surface area (Å²) in [4.78, 5) is 17.7. The fourth-order valence-corrected chi connectivity index (χ4v) is 3.24. The van der Waals surface area contributed by atoms with E-state index in [-0.39, 0.29) is 18.0 Å². The second-order valence-electron chi connectivity index (χ2n) is 6.96. The number of nitrogens with zero attached hydrogens (tertiary/aromatic N) is 3. The maximum atomic E-state index is 13.1. The Balaban J connectivity index is 1.96. The normalized spacial score (nSPS) is 12.5. The van der Waals surface area contributed by atoms with Crippen LogP contribution in [0.1, 0.15) is 67.3 Å². The second-order valence-corrected chi connectivity index (χ2v) is 6.96. The molecule has 0 bridgehead atoms. The lowest BCUT2D eigenvalue weighted by Gasteiger charge is -2.19. The van der Waals surface area contributed by atoms with Crippen LogP contribution >= 0.6 is 0 Å². The molecule has 2 aromatic heterocycles. The highest BCUT2D eigenvalue weighted by Gasteiger charge is 2.20. The van der Waals surface area contributed by atoms with Gasteiger partial charge in [0.15, 0.2) is 5.65 Å². The molecule has 5 heteroatoms. The number of amides is 1. The molecular weight excluding hydrogens is 324 g/mol. The number of hydrogen-bond donors (Lipinski definition) is 1. The van der Waals surface area contributed by atoms with Crippen LogP contribution in [0, 0.1) is 6.92 Å². The largest absolute Gasteiger partial charge is 0.345 e. The molecule has 0 aliphatic rings. The molecule has 0 saturated carbocycles. The SMILES string of the molecule is CCC[C@@H](NC(=O)c1cc(C)nc2c1cnn2C(C)C)c1ccccc1. The number of carbonyl (C=O) groups is 1. The topological polar surface area (TPSA) is 59.8 Å². The van der Waals surface area contributed by atoms with E-state index in [2.05, 4.69) is 48.3 Å². The zero-order valence-electron chi connectivity index (χ0n) is 15.9. The number of aromatic nitrogens is 3. The summed E-state index contributed by atoms with van der Waals surface area (Å²) in [7, 11) is 0. The Morgan fingerprint density at radius 2 is 1.96 bits per heavy atom. The molecule has 2 heterocycles. The molecule has 1 N–H and O–H groups in total. The Labute approximate surface area is 154 Å². The third kappa shape index (κ3) is 3.62. The van der Waals surface area contributed by atoms with E-state index in [0.717, 1.165) is 35.1 Å². The Bertz CT molecular complexity index is 899. The lowest BCUT2D eigenvalue weighted by Crippen LogP contribution is -2.28. The van der Waals surface area contributed by atoms with E-state index in [9.17, 15) is 4.79 Å². The summed E-state index contributed by atoms with van der Waals surface area (Å²) in [6, 6.07) is 12.2. The molecule has 1 aromatic carbocycles. The van der Waals surface area contributed by atoms with Crippen LogP contribution in [-0.4, -0.2) is 20.7 Å². The van der Waals surface area contributed by atoms with Crippen LogP contribution in [0.5, 0.6) is 0 Å². The van der Waals surface area contributed by atoms with E-state index in [1.54, 1.807) is 6.20 Å². The van der Waals surface area contributed by atoms with Crippen molar-refractivity contribution in [1.29, 1.82) is 0 Å². The summed E-state index contributed by atoms with van der Waals surface area (Å²) in [6.45, 7) is 8.16. The van der Waals surface area contributed by atoms with Crippen LogP contribution in [0.15, 0.2) is 42.6 Å². The first-order valence-electron chi connectivity index (χ1n) is 9.22. The quantitative estimate of drug-likeness (QED) is 0.707. The highest BCUT2D eigenvalue weighted by molar-refractivity contribution is 6.05. The molecule has 0 unspecified atom stereocenters. The smallest absolute Gasteiger partial charge is 0.252 e. The van der Waals surface area contributed by atoms with E-state index < -0.39 is 0 Å². The van der Waals surface area contributed by atoms with E-state index in [4.69, 9.17) is 0 Å². The molecule has 1 amide bonds. The van der Waals surface area contributed by atoms with Crippen molar-refractivity contribution in [3.05, 3.63) is 59.4 Å². The lowest BCUT2D eigenvalue weighted by molar-refractivity contribution is 0.0936. The molecule has 0 saturated heterocycles. The van der Waals surface area contributed by atoms with Crippen LogP contribution in [0.4, 0.5) is 0 Å². The summed E-state index contributed by atoms with van der Waals surface area (Å²) in [5.41, 5.74) is 3.34. The Morgan fingerprint density at radius 3 is 2.62 bits per heavy atom. The lowest BCUT2D eigenvalue weighted by atomic mass is 10.0. The van der Waals surface area contributed by atoms with Crippen molar-refractivity contribution in [1.82, 2.24) is 20.1 Å². The standard InChI is InChI=1S/C21H26N4O/c1-5-9-19(16-10-7-6-8-11-16)24-21(26)17-12-15(4)23-20-18(17)13-22-25(20)14(2)3/h6-8,10-14,19H,5,9H2,1-4H3,(H,24,26)/t19-/m1/s1. The highest BCUT2D eigenvalue weighted by Crippen LogP contribution is 2.23. The monoisotopic (exact) mass is 350 g/mol. The Kier molecular flexibility index (Phi) is 5.35. The van der Waals surface area contributed by atoms with Gasteiger partial charge in [0, 0.05) is 11.7 Å². The van der Waals surface area contributed by atoms with Crippen LogP contribution in [-0.2, 0) is 0 Å². The van der Waals surface area contributed by atoms with Crippen LogP contribution < -0.4 is 5.32 Å². The highest BCUT2D eigenvalue weighted by atomic mass is 16.1. The van der Waals surface area contributed by atoms with Gasteiger partial charge in [0.1, 0.15) is 0 Å². The fraction of sp³-hybridized carbons (Fsp3) is 0.381. The van der Waals surface area contributed by atoms with Crippen molar-refractivity contribution in [3.8, 4) is 0 Å². The third-order valence-corrected chi connectivity index (χ3v) is 4.51. The van der Waals surface area contributed by atoms with Gasteiger partial charge < -0.3 is 5.32 Å². The van der Waals surface area contributed by atoms with Gasteiger partial charge in [0.2, 0.25) is 0 Å². The summed E-state index contributed by atoms with van der Waals surface area (Å²) in [6.07, 6.45) is 3.64. The number of aryl methyl sites for hydroxylation is 1. The number of carbonyl (C=O) groups excluding carboxylic acids is 1. The number of rotatable bonds is 6. The van der Waals surface area contributed by atoms with Gasteiger partial charge in [-0.1, -0.05) is 43.7 Å². The predicted octanol–water partition coefficient (Wildman–Crippen LogP) is 4.59. The average molecular weight is 350 g/mol. The van der Waals surface area contributed by atoms with Crippen molar-refractivity contribution in [3.63, 3.8) is 0 Å². The minimum Gasteiger partial charge on any atom is -0.345 e. The molecule has 1 atom stereocenters. The van der Waals surface area contributed by atoms with Crippen LogP contribution in [0.3, 0.4) is 0 Å². The molecule has 26 heavy (non-hydrogen) atoms. The zero-order chi connectivity index (χ0) is 18.7. The first-order valence-corrected chi connectivity index (χ1v) is 9.22. The third-order valence-electron chi connectivity index (χ3n) is 4.51. The molecule has 0 aliphatic heterocycles. The van der Waals surface area contributed by atoms with Gasteiger partial charge in [-0.25, -0.2) is 9.67 Å². The summed E-state index contributed by atoms with van der Waals surface area (Å²) < 4.78 is 1.86. The maximum Gasteiger partial charge on any atom is 0.252 e. The molecule has 3 rings (SSSR count). The van der Waals surface area contributed by atoms with Gasteiger partial charge in [-0.15, -0.1) is 0 Å². The number of nitrogens with one attached hydrogen (secondary N) is 1. The minimum atomic E-state index is -0.0777. The van der Waals surface area contributed by atoms with Crippen molar-refractivity contribution in [2.45, 2.75) is 52.6 Å². The summed E-state index contributed by atoms with van der Waals surface area (Å²) in [5, 5.41) is 8.43. The van der Waals surface area contributed by atoms with Gasteiger partial charge >= 0.3 is 0 Å². The molecule has 0 aliphatic carbocycles. The van der Waals surface area contributed by atoms with Gasteiger partial charge in [-0.3, -0.25) is 4.79 Å². The van der Waals surface area contributed by atoms with Gasteiger partial charge in [0.25, 0.3) is 5.91 Å². The minimum absolute atomic E-state index is 0.00244. The number of hydrogen-bond acceptors (Lipinski definition) is 3. The molecular formula is C21H26N4O. The molecule has 3 aromatic rings. The fourth-order valence-electron chi connectivity index (χ4n) is 3.24. The average Bonchev–Trinajstić information content (AvgIpc) is 3.05. The van der Waals surface area contributed by atoms with Crippen molar-refractivity contribution in [2.75, 3.05) is 0 Å². The van der Waals surface area contributed by atoms with Crippen molar-refractivity contribution < 1.29 is 4.79 Å². The molecule has 0 radical (unpaired) electrons. The maximum absolute atomic E-state index is 13.1. The molecule has 5 nitrogen and oxygen atoms in total. The van der Waals surface area contributed by atoms with Gasteiger partial charge in [0.05, 0.1) is 23.2 Å². The molecule has 0 spiro atoms. The zero-order valence-corrected chi connectivity index (χ0v) is 15.9. The Morgan fingerprint density at radius 1 is 1.23 bits per heavy atom. The van der Waals surface area contributed by atoms with E-state index in [0.29, 0.717) is 5.56 Å². The second kappa shape index (κ2) is 7.68. The van der Waals surface area contributed by atoms with Crippen LogP contribution in [0.2, 0.25) is 0 Å². The van der Waals surface area contributed by atoms with Crippen LogP contribution in [0.25, 0.3) is 11.0 Å². The predicted molar refractivity (Wildman–Crippen MR) is 104 cm³/mol. The molecule has 136 valence electrons. The first kappa shape index (κ1) is 18.1. The number of benzene rings is 1. The van der Waals surface area contributed by atoms with Crippen molar-refractivity contribution in [2.24, 2.45) is 0 Å². The summed E-state index contributed by atoms with van der Waals surface area (Å²) in [5.74, 6) is -0.0777. The van der Waals surface area contributed by atoms with E-state index in [1.807, 2.05) is 35.9 Å². The van der Waals surface area contributed by atoms with Gasteiger partial charge in [-0.2, -0.15) is 5.10 Å². The first-order chi connectivity index (χ1) is 12.5.